The van der Waals surface area contributed by atoms with Crippen molar-refractivity contribution in [1.82, 2.24) is 36.0 Å². The summed E-state index contributed by atoms with van der Waals surface area (Å²) < 4.78 is 0. The van der Waals surface area contributed by atoms with Crippen molar-refractivity contribution in [3.8, 4) is 0 Å². The van der Waals surface area contributed by atoms with E-state index in [0.29, 0.717) is 99.4 Å². The molecular formula is C49H55Cl7N8O4. The number of rotatable bonds is 14. The van der Waals surface area contributed by atoms with E-state index < -0.39 is 6.04 Å². The third-order valence-electron chi connectivity index (χ3n) is 11.8. The molecule has 0 aliphatic carbocycles. The Morgan fingerprint density at radius 1 is 0.618 bits per heavy atom. The van der Waals surface area contributed by atoms with Gasteiger partial charge in [0.15, 0.2) is 0 Å². The van der Waals surface area contributed by atoms with Gasteiger partial charge in [0, 0.05) is 101 Å². The standard InChI is InChI=1S/C26H30Cl4N4O2.C23H25Cl3N4O2/c27-19-10-17(11-20(28)13-19)15-34-9-6-21(14-31-25(35)18-4-5-22(29)23(30)12-18)32-24(26(34)36)16-33-7-2-1-3-8-33;24-17-4-1-15(2-5-17)3-6-22(31)28-13-20-7-8-30(23(32)21(12-27)29-20)14-16-9-18(25)11-19(26)10-16/h4-5,10-13,21,24,32H,1-3,6-9,14-16H2,(H,31,35);1-6,9-11,20-21,29H,7-8,12-14,27H2,(H,28,31)/b;6-3+/t21-,24-;20-,21-/m00/s1. The van der Waals surface area contributed by atoms with Crippen LogP contribution in [0.3, 0.4) is 0 Å². The highest BCUT2D eigenvalue weighted by atomic mass is 35.5. The largest absolute Gasteiger partial charge is 0.351 e. The van der Waals surface area contributed by atoms with E-state index in [1.165, 1.54) is 12.5 Å². The van der Waals surface area contributed by atoms with Crippen LogP contribution in [0.1, 0.15) is 59.2 Å². The first-order valence-electron chi connectivity index (χ1n) is 22.5. The first-order valence-corrected chi connectivity index (χ1v) is 25.1. The molecular weight excluding hydrogens is 1010 g/mol. The highest BCUT2D eigenvalue weighted by Gasteiger charge is 2.33. The number of amides is 4. The van der Waals surface area contributed by atoms with Gasteiger partial charge in [-0.05, 0) is 128 Å². The second-order valence-electron chi connectivity index (χ2n) is 17.1. The third kappa shape index (κ3) is 16.8. The molecule has 19 heteroatoms. The van der Waals surface area contributed by atoms with Gasteiger partial charge in [0.2, 0.25) is 17.7 Å². The monoisotopic (exact) mass is 1060 g/mol. The van der Waals surface area contributed by atoms with Crippen LogP contribution in [0.4, 0.5) is 0 Å². The summed E-state index contributed by atoms with van der Waals surface area (Å²) in [5.41, 5.74) is 8.91. The molecule has 364 valence electrons. The van der Waals surface area contributed by atoms with Crippen LogP contribution < -0.4 is 27.0 Å². The number of carbonyl (C=O) groups is 4. The van der Waals surface area contributed by atoms with E-state index in [1.807, 2.05) is 29.2 Å². The molecule has 68 heavy (non-hydrogen) atoms. The summed E-state index contributed by atoms with van der Waals surface area (Å²) in [6, 6.07) is 21.6. The fourth-order valence-electron chi connectivity index (χ4n) is 8.33. The van der Waals surface area contributed by atoms with E-state index in [2.05, 4.69) is 26.2 Å². The third-order valence-corrected chi connectivity index (χ3v) is 13.7. The van der Waals surface area contributed by atoms with Gasteiger partial charge in [-0.3, -0.25) is 19.2 Å². The number of hydrogen-bond acceptors (Lipinski definition) is 8. The van der Waals surface area contributed by atoms with Gasteiger partial charge in [-0.1, -0.05) is 99.8 Å². The predicted molar refractivity (Wildman–Crippen MR) is 276 cm³/mol. The Labute approximate surface area is 433 Å². The number of benzene rings is 4. The normalized spacial score (nSPS) is 20.4. The number of piperidine rings is 1. The van der Waals surface area contributed by atoms with Gasteiger partial charge in [-0.2, -0.15) is 0 Å². The Kier molecular flexibility index (Phi) is 21.0. The Morgan fingerprint density at radius 3 is 1.69 bits per heavy atom. The molecule has 3 aliphatic heterocycles. The highest BCUT2D eigenvalue weighted by molar-refractivity contribution is 6.42. The average Bonchev–Trinajstić information content (AvgIpc) is 3.54. The van der Waals surface area contributed by atoms with Crippen LogP contribution in [0.5, 0.6) is 0 Å². The molecule has 12 nitrogen and oxygen atoms in total. The topological polar surface area (TPSA) is 152 Å². The van der Waals surface area contributed by atoms with Crippen LogP contribution in [0.25, 0.3) is 6.08 Å². The molecule has 3 heterocycles. The van der Waals surface area contributed by atoms with E-state index in [1.54, 1.807) is 65.6 Å². The maximum atomic E-state index is 13.6. The number of halogens is 7. The van der Waals surface area contributed by atoms with E-state index in [-0.39, 0.29) is 48.3 Å². The van der Waals surface area contributed by atoms with Gasteiger partial charge in [0.05, 0.1) is 22.1 Å². The SMILES string of the molecule is NC[C@@H]1N[C@H](CNC(=O)/C=C/c2ccc(Cl)cc2)CCN(Cc2cc(Cl)cc(Cl)c2)C1=O.O=C(NC[C@@H]1CCN(Cc2cc(Cl)cc(Cl)c2)C(=O)[C@H](CN2CCCCC2)N1)c1ccc(Cl)c(Cl)c1. The Morgan fingerprint density at radius 2 is 1.15 bits per heavy atom. The van der Waals surface area contributed by atoms with Crippen LogP contribution in [0, 0.1) is 0 Å². The van der Waals surface area contributed by atoms with Gasteiger partial charge >= 0.3 is 0 Å². The fourth-order valence-corrected chi connectivity index (χ4v) is 9.89. The highest BCUT2D eigenvalue weighted by Crippen LogP contribution is 2.25. The zero-order valence-electron chi connectivity index (χ0n) is 37.3. The molecule has 4 aromatic rings. The van der Waals surface area contributed by atoms with Gasteiger partial charge in [0.25, 0.3) is 5.91 Å². The minimum Gasteiger partial charge on any atom is -0.351 e. The van der Waals surface area contributed by atoms with Crippen molar-refractivity contribution in [2.24, 2.45) is 5.73 Å². The lowest BCUT2D eigenvalue weighted by Crippen LogP contribution is -2.54. The van der Waals surface area contributed by atoms with Crippen molar-refractivity contribution in [2.75, 3.05) is 52.4 Å². The zero-order chi connectivity index (χ0) is 48.7. The van der Waals surface area contributed by atoms with Crippen LogP contribution in [0.2, 0.25) is 35.2 Å². The quantitative estimate of drug-likeness (QED) is 0.0787. The number of nitrogens with one attached hydrogen (secondary N) is 4. The molecule has 0 unspecified atom stereocenters. The summed E-state index contributed by atoms with van der Waals surface area (Å²) in [6.45, 7) is 5.45. The molecule has 3 fully saturated rings. The van der Waals surface area contributed by atoms with Crippen molar-refractivity contribution in [1.29, 1.82) is 0 Å². The summed E-state index contributed by atoms with van der Waals surface area (Å²) >= 11 is 42.5. The molecule has 4 amide bonds. The fraction of sp³-hybridized carbons (Fsp3) is 0.388. The molecule has 0 bridgehead atoms. The maximum Gasteiger partial charge on any atom is 0.251 e. The molecule has 7 rings (SSSR count). The van der Waals surface area contributed by atoms with Gasteiger partial charge < -0.3 is 41.7 Å². The number of likely N-dealkylation sites (tertiary alicyclic amines) is 1. The molecule has 6 N–H and O–H groups in total. The number of nitrogens with zero attached hydrogens (tertiary/aromatic N) is 3. The number of hydrogen-bond donors (Lipinski definition) is 5. The van der Waals surface area contributed by atoms with Crippen LogP contribution in [-0.2, 0) is 27.5 Å². The van der Waals surface area contributed by atoms with Crippen LogP contribution in [-0.4, -0.2) is 115 Å². The summed E-state index contributed by atoms with van der Waals surface area (Å²) in [6.07, 6.45) is 8.07. The van der Waals surface area contributed by atoms with E-state index in [9.17, 15) is 19.2 Å². The first-order chi connectivity index (χ1) is 32.6. The minimum atomic E-state index is -0.529. The van der Waals surface area contributed by atoms with Crippen molar-refractivity contribution >= 4 is 111 Å². The van der Waals surface area contributed by atoms with Crippen molar-refractivity contribution in [3.05, 3.63) is 142 Å². The van der Waals surface area contributed by atoms with Crippen molar-refractivity contribution < 1.29 is 19.2 Å². The summed E-state index contributed by atoms with van der Waals surface area (Å²) in [4.78, 5) is 57.4. The van der Waals surface area contributed by atoms with Crippen LogP contribution >= 0.6 is 81.2 Å². The summed E-state index contributed by atoms with van der Waals surface area (Å²) in [5, 5.41) is 16.2. The zero-order valence-corrected chi connectivity index (χ0v) is 42.6. The van der Waals surface area contributed by atoms with Crippen molar-refractivity contribution in [2.45, 2.75) is 69.4 Å². The van der Waals surface area contributed by atoms with E-state index in [0.717, 1.165) is 42.6 Å². The molecule has 4 aromatic carbocycles. The first kappa shape index (κ1) is 53.7. The lowest BCUT2D eigenvalue weighted by molar-refractivity contribution is -0.134. The van der Waals surface area contributed by atoms with Crippen LogP contribution in [0.15, 0.2) is 84.9 Å². The summed E-state index contributed by atoms with van der Waals surface area (Å²) in [5.74, 6) is -0.481. The van der Waals surface area contributed by atoms with Gasteiger partial charge in [-0.15, -0.1) is 0 Å². The summed E-state index contributed by atoms with van der Waals surface area (Å²) in [7, 11) is 0. The van der Waals surface area contributed by atoms with Gasteiger partial charge in [0.1, 0.15) is 0 Å². The lowest BCUT2D eigenvalue weighted by Gasteiger charge is -2.32. The maximum absolute atomic E-state index is 13.6. The lowest BCUT2D eigenvalue weighted by atomic mass is 10.1. The van der Waals surface area contributed by atoms with Gasteiger partial charge in [-0.25, -0.2) is 0 Å². The van der Waals surface area contributed by atoms with E-state index in [4.69, 9.17) is 86.9 Å². The van der Waals surface area contributed by atoms with E-state index >= 15 is 0 Å². The Bertz CT molecular complexity index is 2360. The molecule has 0 saturated carbocycles. The Balaban J connectivity index is 0.000000226. The molecule has 3 aliphatic rings. The second-order valence-corrected chi connectivity index (χ2v) is 20.0. The molecule has 0 spiro atoms. The molecule has 0 aromatic heterocycles. The molecule has 4 atom stereocenters. The number of nitrogens with two attached hydrogens (primary N) is 1. The smallest absolute Gasteiger partial charge is 0.251 e. The predicted octanol–water partition coefficient (Wildman–Crippen LogP) is 8.77. The Hall–Kier alpha value is -3.63. The second kappa shape index (κ2) is 26.5. The average molecular weight is 1070 g/mol. The number of carbonyl (C=O) groups excluding carboxylic acids is 4. The molecule has 3 saturated heterocycles. The molecule has 0 radical (unpaired) electrons. The van der Waals surface area contributed by atoms with Crippen molar-refractivity contribution in [3.63, 3.8) is 0 Å². The minimum absolute atomic E-state index is 0.0509.